The molecule has 4 N–H and O–H groups in total. The Hall–Kier alpha value is -5.41. The maximum atomic E-state index is 13.9. The molecular weight excluding hydrogens is 743 g/mol. The zero-order chi connectivity index (χ0) is 41.8. The van der Waals surface area contributed by atoms with Gasteiger partial charge in [-0.1, -0.05) is 72.8 Å². The quantitative estimate of drug-likeness (QED) is 0.0616. The summed E-state index contributed by atoms with van der Waals surface area (Å²) in [6.45, 7) is 7.47. The van der Waals surface area contributed by atoms with Crippen LogP contribution in [0.1, 0.15) is 58.1 Å². The standard InChI is InChI=1S/C44H57N5O9/c1-44(2,3)58-43(53)49(39-16-7-9-23-46-39)24-10-8-17-40(50)47-38(31-57-29-28-56-27-26-55-25-22-45)42(52)48-37(30-41(51)54-4)34-20-18-33(19-21-34)36-15-11-13-32-12-5-6-14-35(32)36/h5-7,9,11-16,18-21,23,37-38H,8,10,17,22,24-31,45H2,1-4H3,(H,47,50)(H,48,52)/t37?,38-/m0/s1. The van der Waals surface area contributed by atoms with Gasteiger partial charge >= 0.3 is 12.1 Å². The second-order valence-corrected chi connectivity index (χ2v) is 14.5. The molecule has 3 amide bonds. The summed E-state index contributed by atoms with van der Waals surface area (Å²) < 4.78 is 27.2. The molecule has 14 heteroatoms. The van der Waals surface area contributed by atoms with Gasteiger partial charge in [0, 0.05) is 25.7 Å². The maximum absolute atomic E-state index is 13.9. The third-order valence-corrected chi connectivity index (χ3v) is 8.85. The molecule has 1 unspecified atom stereocenters. The number of methoxy groups -OCH3 is 1. The number of amides is 3. The lowest BCUT2D eigenvalue weighted by Crippen LogP contribution is -2.50. The van der Waals surface area contributed by atoms with Crippen LogP contribution in [0.3, 0.4) is 0 Å². The summed E-state index contributed by atoms with van der Waals surface area (Å²) in [5.74, 6) is -1.00. The number of hydrogen-bond donors (Lipinski definition) is 3. The first-order chi connectivity index (χ1) is 28.0. The monoisotopic (exact) mass is 799 g/mol. The molecule has 58 heavy (non-hydrogen) atoms. The number of carbonyl (C=O) groups excluding carboxylic acids is 4. The number of aromatic nitrogens is 1. The molecule has 0 aliphatic carbocycles. The number of hydrogen-bond acceptors (Lipinski definition) is 11. The van der Waals surface area contributed by atoms with E-state index in [0.29, 0.717) is 50.6 Å². The number of pyridine rings is 1. The van der Waals surface area contributed by atoms with E-state index in [0.717, 1.165) is 21.9 Å². The largest absolute Gasteiger partial charge is 0.469 e. The Bertz CT molecular complexity index is 1880. The van der Waals surface area contributed by atoms with Gasteiger partial charge in [0.1, 0.15) is 17.5 Å². The molecule has 2 atom stereocenters. The highest BCUT2D eigenvalue weighted by Gasteiger charge is 2.27. The second-order valence-electron chi connectivity index (χ2n) is 14.5. The van der Waals surface area contributed by atoms with Crippen molar-refractivity contribution in [1.82, 2.24) is 15.6 Å². The minimum atomic E-state index is -1.10. The molecule has 0 aliphatic rings. The number of rotatable bonds is 23. The molecule has 3 aromatic carbocycles. The number of nitrogens with zero attached hydrogens (tertiary/aromatic N) is 2. The van der Waals surface area contributed by atoms with E-state index in [1.165, 1.54) is 12.0 Å². The highest BCUT2D eigenvalue weighted by atomic mass is 16.6. The van der Waals surface area contributed by atoms with E-state index in [9.17, 15) is 19.2 Å². The van der Waals surface area contributed by atoms with Crippen molar-refractivity contribution in [1.29, 1.82) is 0 Å². The minimum Gasteiger partial charge on any atom is -0.469 e. The molecular formula is C44H57N5O9. The van der Waals surface area contributed by atoms with Gasteiger partial charge in [-0.05, 0) is 73.2 Å². The summed E-state index contributed by atoms with van der Waals surface area (Å²) in [7, 11) is 1.29. The Morgan fingerprint density at radius 2 is 1.48 bits per heavy atom. The van der Waals surface area contributed by atoms with Crippen molar-refractivity contribution in [3.05, 3.63) is 96.7 Å². The summed E-state index contributed by atoms with van der Waals surface area (Å²) in [6, 6.07) is 25.3. The summed E-state index contributed by atoms with van der Waals surface area (Å²) in [4.78, 5) is 58.6. The van der Waals surface area contributed by atoms with E-state index in [1.54, 1.807) is 45.2 Å². The second kappa shape index (κ2) is 23.7. The van der Waals surface area contributed by atoms with Crippen LogP contribution in [-0.4, -0.2) is 100 Å². The Kier molecular flexibility index (Phi) is 18.5. The number of fused-ring (bicyclic) bond motifs is 1. The first-order valence-corrected chi connectivity index (χ1v) is 19.6. The van der Waals surface area contributed by atoms with Crippen LogP contribution < -0.4 is 21.3 Å². The zero-order valence-corrected chi connectivity index (χ0v) is 33.9. The van der Waals surface area contributed by atoms with Crippen LogP contribution in [0.25, 0.3) is 21.9 Å². The molecule has 312 valence electrons. The molecule has 4 aromatic rings. The Morgan fingerprint density at radius 1 is 0.793 bits per heavy atom. The first kappa shape index (κ1) is 45.3. The van der Waals surface area contributed by atoms with Crippen LogP contribution in [0.15, 0.2) is 91.1 Å². The van der Waals surface area contributed by atoms with Crippen molar-refractivity contribution < 1.29 is 42.9 Å². The Labute approximate surface area is 340 Å². The smallest absolute Gasteiger partial charge is 0.416 e. The van der Waals surface area contributed by atoms with Gasteiger partial charge in [-0.2, -0.15) is 0 Å². The van der Waals surface area contributed by atoms with E-state index in [2.05, 4.69) is 39.9 Å². The van der Waals surface area contributed by atoms with Gasteiger partial charge in [0.25, 0.3) is 0 Å². The number of nitrogens with two attached hydrogens (primary N) is 1. The van der Waals surface area contributed by atoms with Crippen LogP contribution in [0.4, 0.5) is 10.6 Å². The third kappa shape index (κ3) is 15.2. The molecule has 14 nitrogen and oxygen atoms in total. The van der Waals surface area contributed by atoms with Gasteiger partial charge < -0.3 is 40.1 Å². The lowest BCUT2D eigenvalue weighted by molar-refractivity contribution is -0.141. The minimum absolute atomic E-state index is 0.0707. The number of anilines is 1. The molecule has 0 fully saturated rings. The molecule has 0 spiro atoms. The Morgan fingerprint density at radius 3 is 2.17 bits per heavy atom. The lowest BCUT2D eigenvalue weighted by Gasteiger charge is -2.26. The highest BCUT2D eigenvalue weighted by molar-refractivity contribution is 5.96. The van der Waals surface area contributed by atoms with Gasteiger partial charge in [0.15, 0.2) is 0 Å². The molecule has 4 rings (SSSR count). The van der Waals surface area contributed by atoms with E-state index >= 15 is 0 Å². The fourth-order valence-corrected chi connectivity index (χ4v) is 6.01. The molecule has 0 saturated heterocycles. The third-order valence-electron chi connectivity index (χ3n) is 8.85. The summed E-state index contributed by atoms with van der Waals surface area (Å²) in [5.41, 5.74) is 7.45. The number of ether oxygens (including phenoxy) is 5. The fraction of sp³-hybridized carbons (Fsp3) is 0.432. The molecule has 0 radical (unpaired) electrons. The maximum Gasteiger partial charge on any atom is 0.416 e. The average molecular weight is 800 g/mol. The topological polar surface area (TPSA) is 181 Å². The van der Waals surface area contributed by atoms with Crippen molar-refractivity contribution in [2.75, 3.05) is 64.7 Å². The van der Waals surface area contributed by atoms with Gasteiger partial charge in [0.2, 0.25) is 11.8 Å². The molecule has 1 heterocycles. The molecule has 0 aliphatic heterocycles. The van der Waals surface area contributed by atoms with Crippen LogP contribution >= 0.6 is 0 Å². The van der Waals surface area contributed by atoms with Crippen LogP contribution in [0.5, 0.6) is 0 Å². The SMILES string of the molecule is COC(=O)CC(NC(=O)[C@H](COCCOCCOCCN)NC(=O)CCCCN(C(=O)OC(C)(C)C)c1ccccn1)c1ccc(-c2cccc3ccccc23)cc1. The fourth-order valence-electron chi connectivity index (χ4n) is 6.01. The normalized spacial score (nSPS) is 12.4. The van der Waals surface area contributed by atoms with Crippen molar-refractivity contribution >= 4 is 40.5 Å². The highest BCUT2D eigenvalue weighted by Crippen LogP contribution is 2.30. The van der Waals surface area contributed by atoms with Gasteiger partial charge in [0.05, 0.1) is 59.2 Å². The number of unbranched alkanes of at least 4 members (excludes halogenated alkanes) is 1. The predicted octanol–water partition coefficient (Wildman–Crippen LogP) is 5.73. The number of benzene rings is 3. The van der Waals surface area contributed by atoms with Gasteiger partial charge in [-0.15, -0.1) is 0 Å². The van der Waals surface area contributed by atoms with E-state index < -0.39 is 35.7 Å². The van der Waals surface area contributed by atoms with E-state index in [4.69, 9.17) is 29.4 Å². The van der Waals surface area contributed by atoms with Crippen molar-refractivity contribution in [3.63, 3.8) is 0 Å². The average Bonchev–Trinajstić information content (AvgIpc) is 3.21. The van der Waals surface area contributed by atoms with Crippen molar-refractivity contribution in [2.45, 2.75) is 64.1 Å². The van der Waals surface area contributed by atoms with E-state index in [-0.39, 0.29) is 45.1 Å². The van der Waals surface area contributed by atoms with E-state index in [1.807, 2.05) is 42.5 Å². The van der Waals surface area contributed by atoms with Crippen molar-refractivity contribution in [2.24, 2.45) is 5.73 Å². The number of carbonyl (C=O) groups is 4. The van der Waals surface area contributed by atoms with Gasteiger partial charge in [-0.25, -0.2) is 9.78 Å². The molecule has 0 saturated carbocycles. The molecule has 0 bridgehead atoms. The number of esters is 1. The summed E-state index contributed by atoms with van der Waals surface area (Å²) in [5, 5.41) is 7.97. The number of nitrogens with one attached hydrogen (secondary N) is 2. The first-order valence-electron chi connectivity index (χ1n) is 19.6. The lowest BCUT2D eigenvalue weighted by atomic mass is 9.95. The van der Waals surface area contributed by atoms with Crippen LogP contribution in [-0.2, 0) is 38.1 Å². The van der Waals surface area contributed by atoms with Crippen LogP contribution in [0, 0.1) is 0 Å². The zero-order valence-electron chi connectivity index (χ0n) is 33.9. The van der Waals surface area contributed by atoms with Gasteiger partial charge in [-0.3, -0.25) is 19.3 Å². The van der Waals surface area contributed by atoms with Crippen molar-refractivity contribution in [3.8, 4) is 11.1 Å². The predicted molar refractivity (Wildman–Crippen MR) is 222 cm³/mol. The summed E-state index contributed by atoms with van der Waals surface area (Å²) in [6.07, 6.45) is 1.85. The molecule has 1 aromatic heterocycles. The summed E-state index contributed by atoms with van der Waals surface area (Å²) >= 11 is 0. The van der Waals surface area contributed by atoms with Crippen LogP contribution in [0.2, 0.25) is 0 Å². The Balaban J connectivity index is 1.42.